The summed E-state index contributed by atoms with van der Waals surface area (Å²) >= 11 is 0. The molecule has 0 atom stereocenters. The maximum Gasteiger partial charge on any atom is 0.294 e. The van der Waals surface area contributed by atoms with Gasteiger partial charge in [0.25, 0.3) is 10.1 Å². The first kappa shape index (κ1) is 10.1. The minimum Gasteiger partial charge on any atom is -0.282 e. The van der Waals surface area contributed by atoms with Gasteiger partial charge in [-0.1, -0.05) is 0 Å². The van der Waals surface area contributed by atoms with Crippen molar-refractivity contribution in [3.8, 4) is 0 Å². The Morgan fingerprint density at radius 2 is 2.00 bits per heavy atom. The fourth-order valence-electron chi connectivity index (χ4n) is 1.38. The lowest BCUT2D eigenvalue weighted by atomic mass is 10.2. The number of benzene rings is 1. The number of hydrogen-bond acceptors (Lipinski definition) is 3. The van der Waals surface area contributed by atoms with Crippen molar-refractivity contribution in [1.82, 2.24) is 4.98 Å². The lowest BCUT2D eigenvalue weighted by Gasteiger charge is -2.01. The molecule has 1 N–H and O–H groups in total. The van der Waals surface area contributed by atoms with Gasteiger partial charge in [-0.25, -0.2) is 0 Å². The molecule has 4 nitrogen and oxygen atoms in total. The van der Waals surface area contributed by atoms with E-state index < -0.39 is 10.1 Å². The van der Waals surface area contributed by atoms with Crippen LogP contribution in [0.4, 0.5) is 0 Å². The third kappa shape index (κ3) is 1.98. The van der Waals surface area contributed by atoms with Crippen molar-refractivity contribution in [2.45, 2.75) is 11.8 Å². The molecule has 0 saturated carbocycles. The molecule has 1 aromatic heterocycles. The Labute approximate surface area is 87.3 Å². The fraction of sp³-hybridized carbons (Fsp3) is 0.100. The van der Waals surface area contributed by atoms with Gasteiger partial charge in [-0.15, -0.1) is 0 Å². The van der Waals surface area contributed by atoms with Gasteiger partial charge in [0.2, 0.25) is 0 Å². The summed E-state index contributed by atoms with van der Waals surface area (Å²) in [6, 6.07) is 6.12. The van der Waals surface area contributed by atoms with Crippen molar-refractivity contribution < 1.29 is 13.0 Å². The molecule has 0 fully saturated rings. The van der Waals surface area contributed by atoms with Crippen LogP contribution < -0.4 is 0 Å². The first-order chi connectivity index (χ1) is 6.97. The topological polar surface area (TPSA) is 67.3 Å². The monoisotopic (exact) mass is 223 g/mol. The van der Waals surface area contributed by atoms with Crippen LogP contribution in [-0.4, -0.2) is 18.0 Å². The molecule has 0 amide bonds. The zero-order chi connectivity index (χ0) is 11.1. The van der Waals surface area contributed by atoms with E-state index in [4.69, 9.17) is 4.55 Å². The first-order valence-corrected chi connectivity index (χ1v) is 5.75. The molecule has 15 heavy (non-hydrogen) atoms. The number of rotatable bonds is 1. The van der Waals surface area contributed by atoms with E-state index in [1.54, 1.807) is 12.3 Å². The Morgan fingerprint density at radius 1 is 1.27 bits per heavy atom. The minimum absolute atomic E-state index is 0.109. The summed E-state index contributed by atoms with van der Waals surface area (Å²) in [6.07, 6.45) is 1.70. The van der Waals surface area contributed by atoms with Gasteiger partial charge in [0.15, 0.2) is 0 Å². The first-order valence-electron chi connectivity index (χ1n) is 4.31. The Balaban J connectivity index is 2.75. The van der Waals surface area contributed by atoms with Crippen LogP contribution in [0, 0.1) is 6.92 Å². The summed E-state index contributed by atoms with van der Waals surface area (Å²) in [5.41, 5.74) is 1.64. The number of hydrogen-bond donors (Lipinski definition) is 1. The highest BCUT2D eigenvalue weighted by Gasteiger charge is 2.09. The predicted octanol–water partition coefficient (Wildman–Crippen LogP) is 1.79. The van der Waals surface area contributed by atoms with Gasteiger partial charge >= 0.3 is 0 Å². The standard InChI is InChI=1S/C10H9NO3S/c1-7-4-8-5-9(15(12,13)14)2-3-10(8)11-6-7/h2-6H,1H3,(H,12,13,14). The molecule has 0 spiro atoms. The van der Waals surface area contributed by atoms with Gasteiger partial charge in [0.1, 0.15) is 0 Å². The molecular formula is C10H9NO3S. The zero-order valence-electron chi connectivity index (χ0n) is 8.01. The summed E-state index contributed by atoms with van der Waals surface area (Å²) in [4.78, 5) is 4.02. The van der Waals surface area contributed by atoms with Gasteiger partial charge in [0.05, 0.1) is 10.4 Å². The van der Waals surface area contributed by atoms with Crippen LogP contribution in [0.25, 0.3) is 10.9 Å². The van der Waals surface area contributed by atoms with Crippen LogP contribution in [0.2, 0.25) is 0 Å². The maximum atomic E-state index is 10.9. The number of aryl methyl sites for hydroxylation is 1. The molecule has 0 aliphatic carbocycles. The quantitative estimate of drug-likeness (QED) is 0.748. The molecule has 0 aliphatic heterocycles. The van der Waals surface area contributed by atoms with Crippen molar-refractivity contribution in [2.24, 2.45) is 0 Å². The summed E-state index contributed by atoms with van der Waals surface area (Å²) in [6.45, 7) is 1.87. The minimum atomic E-state index is -4.13. The van der Waals surface area contributed by atoms with Crippen molar-refractivity contribution in [1.29, 1.82) is 0 Å². The Bertz CT molecular complexity index is 620. The van der Waals surface area contributed by atoms with Crippen LogP contribution in [0.5, 0.6) is 0 Å². The number of nitrogens with zero attached hydrogens (tertiary/aromatic N) is 1. The van der Waals surface area contributed by atoms with E-state index in [0.29, 0.717) is 10.9 Å². The number of fused-ring (bicyclic) bond motifs is 1. The summed E-state index contributed by atoms with van der Waals surface area (Å²) in [5, 5.41) is 0.699. The third-order valence-corrected chi connectivity index (χ3v) is 2.94. The van der Waals surface area contributed by atoms with E-state index in [0.717, 1.165) is 5.56 Å². The van der Waals surface area contributed by atoms with Gasteiger partial charge in [-0.3, -0.25) is 9.54 Å². The smallest absolute Gasteiger partial charge is 0.282 e. The predicted molar refractivity (Wildman–Crippen MR) is 56.3 cm³/mol. The SMILES string of the molecule is Cc1cnc2ccc(S(=O)(=O)O)cc2c1. The lowest BCUT2D eigenvalue weighted by Crippen LogP contribution is -1.97. The van der Waals surface area contributed by atoms with Crippen molar-refractivity contribution >= 4 is 21.0 Å². The molecule has 2 rings (SSSR count). The second-order valence-corrected chi connectivity index (χ2v) is 4.76. The summed E-state index contributed by atoms with van der Waals surface area (Å²) < 4.78 is 30.7. The van der Waals surface area contributed by atoms with Gasteiger partial charge in [-0.05, 0) is 36.8 Å². The molecular weight excluding hydrogens is 214 g/mol. The van der Waals surface area contributed by atoms with Crippen LogP contribution in [0.1, 0.15) is 5.56 Å². The molecule has 0 unspecified atom stereocenters. The van der Waals surface area contributed by atoms with E-state index in [9.17, 15) is 8.42 Å². The number of aromatic nitrogens is 1. The third-order valence-electron chi connectivity index (χ3n) is 2.09. The lowest BCUT2D eigenvalue weighted by molar-refractivity contribution is 0.483. The molecule has 0 bridgehead atoms. The molecule has 1 heterocycles. The molecule has 0 saturated heterocycles. The Kier molecular flexibility index (Phi) is 2.21. The fourth-order valence-corrected chi connectivity index (χ4v) is 1.90. The van der Waals surface area contributed by atoms with E-state index in [1.165, 1.54) is 12.1 Å². The normalized spacial score (nSPS) is 11.9. The maximum absolute atomic E-state index is 10.9. The largest absolute Gasteiger partial charge is 0.294 e. The van der Waals surface area contributed by atoms with Crippen LogP contribution >= 0.6 is 0 Å². The second kappa shape index (κ2) is 3.29. The van der Waals surface area contributed by atoms with Gasteiger partial charge in [0, 0.05) is 11.6 Å². The number of pyridine rings is 1. The van der Waals surface area contributed by atoms with Crippen molar-refractivity contribution in [3.05, 3.63) is 36.0 Å². The Morgan fingerprint density at radius 3 is 2.67 bits per heavy atom. The summed E-state index contributed by atoms with van der Waals surface area (Å²) in [5.74, 6) is 0. The Hall–Kier alpha value is -1.46. The molecule has 2 aromatic rings. The van der Waals surface area contributed by atoms with E-state index in [2.05, 4.69) is 4.98 Å². The van der Waals surface area contributed by atoms with Crippen LogP contribution in [0.3, 0.4) is 0 Å². The van der Waals surface area contributed by atoms with Crippen LogP contribution in [0.15, 0.2) is 35.4 Å². The summed E-state index contributed by atoms with van der Waals surface area (Å²) in [7, 11) is -4.13. The van der Waals surface area contributed by atoms with Gasteiger partial charge < -0.3 is 0 Å². The van der Waals surface area contributed by atoms with Gasteiger partial charge in [-0.2, -0.15) is 8.42 Å². The molecule has 0 radical (unpaired) electrons. The van der Waals surface area contributed by atoms with Crippen molar-refractivity contribution in [3.63, 3.8) is 0 Å². The van der Waals surface area contributed by atoms with E-state index in [1.807, 2.05) is 13.0 Å². The van der Waals surface area contributed by atoms with E-state index >= 15 is 0 Å². The zero-order valence-corrected chi connectivity index (χ0v) is 8.82. The molecule has 78 valence electrons. The second-order valence-electron chi connectivity index (χ2n) is 3.34. The highest BCUT2D eigenvalue weighted by Crippen LogP contribution is 2.18. The molecule has 1 aromatic carbocycles. The highest BCUT2D eigenvalue weighted by atomic mass is 32.2. The molecule has 5 heteroatoms. The average molecular weight is 223 g/mol. The van der Waals surface area contributed by atoms with Crippen molar-refractivity contribution in [2.75, 3.05) is 0 Å². The van der Waals surface area contributed by atoms with E-state index in [-0.39, 0.29) is 4.90 Å². The highest BCUT2D eigenvalue weighted by molar-refractivity contribution is 7.85. The molecule has 0 aliphatic rings. The average Bonchev–Trinajstić information content (AvgIpc) is 2.15. The van der Waals surface area contributed by atoms with Crippen LogP contribution in [-0.2, 0) is 10.1 Å².